The van der Waals surface area contributed by atoms with E-state index in [1.165, 1.54) is 16.7 Å². The molecule has 0 saturated heterocycles. The molecule has 2 nitrogen and oxygen atoms in total. The predicted molar refractivity (Wildman–Crippen MR) is 80.9 cm³/mol. The van der Waals surface area contributed by atoms with Gasteiger partial charge in [0.2, 0.25) is 0 Å². The zero-order valence-corrected chi connectivity index (χ0v) is 12.2. The molecular formula is C16H18ClNO. The number of methoxy groups -OCH3 is 1. The van der Waals surface area contributed by atoms with E-state index in [9.17, 15) is 0 Å². The number of hydrogen-bond donors (Lipinski definition) is 1. The van der Waals surface area contributed by atoms with Crippen LogP contribution in [-0.4, -0.2) is 14.2 Å². The van der Waals surface area contributed by atoms with Crippen molar-refractivity contribution in [2.24, 2.45) is 0 Å². The van der Waals surface area contributed by atoms with Gasteiger partial charge < -0.3 is 10.1 Å². The molecule has 0 bridgehead atoms. The molecule has 2 aromatic carbocycles. The lowest BCUT2D eigenvalue weighted by atomic mass is 9.98. The Morgan fingerprint density at radius 2 is 1.95 bits per heavy atom. The molecule has 0 unspecified atom stereocenters. The molecular weight excluding hydrogens is 258 g/mol. The van der Waals surface area contributed by atoms with Crippen LogP contribution in [0.25, 0.3) is 11.1 Å². The normalized spacial score (nSPS) is 10.5. The van der Waals surface area contributed by atoms with Gasteiger partial charge in [-0.15, -0.1) is 0 Å². The van der Waals surface area contributed by atoms with Gasteiger partial charge in [0.05, 0.1) is 12.1 Å². The number of halogens is 1. The summed E-state index contributed by atoms with van der Waals surface area (Å²) in [6, 6.07) is 12.4. The van der Waals surface area contributed by atoms with Crippen molar-refractivity contribution in [3.05, 3.63) is 52.5 Å². The van der Waals surface area contributed by atoms with Crippen LogP contribution in [-0.2, 0) is 6.54 Å². The third-order valence-corrected chi connectivity index (χ3v) is 3.46. The molecule has 3 heteroatoms. The van der Waals surface area contributed by atoms with E-state index < -0.39 is 0 Å². The van der Waals surface area contributed by atoms with Crippen molar-refractivity contribution in [1.29, 1.82) is 0 Å². The fraction of sp³-hybridized carbons (Fsp3) is 0.250. The van der Waals surface area contributed by atoms with Crippen molar-refractivity contribution < 1.29 is 4.74 Å². The number of aryl methyl sites for hydroxylation is 1. The van der Waals surface area contributed by atoms with Crippen LogP contribution < -0.4 is 10.1 Å². The molecule has 0 saturated carbocycles. The lowest BCUT2D eigenvalue weighted by molar-refractivity contribution is 0.415. The Kier molecular flexibility index (Phi) is 4.46. The Balaban J connectivity index is 2.48. The first kappa shape index (κ1) is 13.9. The number of ether oxygens (including phenoxy) is 1. The number of hydrogen-bond acceptors (Lipinski definition) is 2. The maximum absolute atomic E-state index is 6.07. The third-order valence-electron chi connectivity index (χ3n) is 3.15. The van der Waals surface area contributed by atoms with E-state index in [0.29, 0.717) is 10.8 Å². The van der Waals surface area contributed by atoms with Crippen molar-refractivity contribution >= 4 is 11.6 Å². The van der Waals surface area contributed by atoms with E-state index in [-0.39, 0.29) is 0 Å². The quantitative estimate of drug-likeness (QED) is 0.909. The minimum absolute atomic E-state index is 0.635. The van der Waals surface area contributed by atoms with Crippen LogP contribution in [0.1, 0.15) is 11.1 Å². The molecule has 0 radical (unpaired) electrons. The van der Waals surface area contributed by atoms with E-state index >= 15 is 0 Å². The number of benzene rings is 2. The molecule has 0 atom stereocenters. The highest BCUT2D eigenvalue weighted by molar-refractivity contribution is 6.32. The summed E-state index contributed by atoms with van der Waals surface area (Å²) >= 11 is 6.07. The zero-order valence-electron chi connectivity index (χ0n) is 11.5. The monoisotopic (exact) mass is 275 g/mol. The molecule has 0 spiro atoms. The molecule has 0 aliphatic heterocycles. The maximum Gasteiger partial charge on any atom is 0.138 e. The van der Waals surface area contributed by atoms with Gasteiger partial charge >= 0.3 is 0 Å². The second-order valence-corrected chi connectivity index (χ2v) is 4.94. The average molecular weight is 276 g/mol. The highest BCUT2D eigenvalue weighted by Gasteiger charge is 2.07. The average Bonchev–Trinajstić information content (AvgIpc) is 2.42. The topological polar surface area (TPSA) is 21.3 Å². The van der Waals surface area contributed by atoms with Gasteiger partial charge in [0.1, 0.15) is 5.75 Å². The van der Waals surface area contributed by atoms with Gasteiger partial charge in [0, 0.05) is 6.54 Å². The second kappa shape index (κ2) is 6.09. The van der Waals surface area contributed by atoms with Crippen LogP contribution in [0.4, 0.5) is 0 Å². The Morgan fingerprint density at radius 3 is 2.63 bits per heavy atom. The van der Waals surface area contributed by atoms with Crippen LogP contribution in [0, 0.1) is 6.92 Å². The summed E-state index contributed by atoms with van der Waals surface area (Å²) < 4.78 is 5.28. The van der Waals surface area contributed by atoms with Gasteiger partial charge in [-0.1, -0.05) is 29.8 Å². The van der Waals surface area contributed by atoms with Gasteiger partial charge in [0.15, 0.2) is 0 Å². The smallest absolute Gasteiger partial charge is 0.138 e. The second-order valence-electron chi connectivity index (χ2n) is 4.53. The Hall–Kier alpha value is -1.51. The minimum atomic E-state index is 0.635. The van der Waals surface area contributed by atoms with Crippen LogP contribution in [0.2, 0.25) is 5.02 Å². The molecule has 0 amide bonds. The van der Waals surface area contributed by atoms with E-state index in [1.807, 2.05) is 25.2 Å². The lowest BCUT2D eigenvalue weighted by Gasteiger charge is -2.11. The van der Waals surface area contributed by atoms with Gasteiger partial charge in [0.25, 0.3) is 0 Å². The van der Waals surface area contributed by atoms with Crippen LogP contribution in [0.15, 0.2) is 36.4 Å². The first-order valence-corrected chi connectivity index (χ1v) is 6.61. The zero-order chi connectivity index (χ0) is 13.8. The SMILES string of the molecule is CNCc1ccc(C)c(-c2ccc(Cl)c(OC)c2)c1. The van der Waals surface area contributed by atoms with E-state index in [0.717, 1.165) is 12.1 Å². The summed E-state index contributed by atoms with van der Waals surface area (Å²) in [4.78, 5) is 0. The fourth-order valence-electron chi connectivity index (χ4n) is 2.12. The first-order valence-electron chi connectivity index (χ1n) is 6.23. The highest BCUT2D eigenvalue weighted by atomic mass is 35.5. The Bertz CT molecular complexity index is 581. The Labute approximate surface area is 119 Å². The van der Waals surface area contributed by atoms with E-state index in [1.54, 1.807) is 7.11 Å². The van der Waals surface area contributed by atoms with Gasteiger partial charge in [-0.3, -0.25) is 0 Å². The van der Waals surface area contributed by atoms with Crippen molar-refractivity contribution in [2.45, 2.75) is 13.5 Å². The molecule has 1 N–H and O–H groups in total. The third kappa shape index (κ3) is 3.09. The summed E-state index contributed by atoms with van der Waals surface area (Å²) in [5, 5.41) is 3.80. The molecule has 2 rings (SSSR count). The lowest BCUT2D eigenvalue weighted by Crippen LogP contribution is -2.05. The largest absolute Gasteiger partial charge is 0.495 e. The van der Waals surface area contributed by atoms with Crippen molar-refractivity contribution in [1.82, 2.24) is 5.32 Å². The summed E-state index contributed by atoms with van der Waals surface area (Å²) in [5.41, 5.74) is 4.83. The Morgan fingerprint density at radius 1 is 1.16 bits per heavy atom. The van der Waals surface area contributed by atoms with Crippen molar-refractivity contribution in [3.63, 3.8) is 0 Å². The van der Waals surface area contributed by atoms with Gasteiger partial charge in [-0.2, -0.15) is 0 Å². The van der Waals surface area contributed by atoms with Gasteiger partial charge in [-0.25, -0.2) is 0 Å². The molecule has 0 fully saturated rings. The van der Waals surface area contributed by atoms with E-state index in [2.05, 4.69) is 30.4 Å². The first-order chi connectivity index (χ1) is 9.15. The summed E-state index contributed by atoms with van der Waals surface area (Å²) in [5.74, 6) is 0.706. The minimum Gasteiger partial charge on any atom is -0.495 e. The molecule has 0 aliphatic carbocycles. The standard InChI is InChI=1S/C16H18ClNO/c1-11-4-5-12(10-18-2)8-14(11)13-6-7-15(17)16(9-13)19-3/h4-9,18H,10H2,1-3H3. The fourth-order valence-corrected chi connectivity index (χ4v) is 2.32. The van der Waals surface area contributed by atoms with Crippen LogP contribution in [0.5, 0.6) is 5.75 Å². The van der Waals surface area contributed by atoms with Crippen molar-refractivity contribution in [2.75, 3.05) is 14.2 Å². The van der Waals surface area contributed by atoms with Gasteiger partial charge in [-0.05, 0) is 54.4 Å². The van der Waals surface area contributed by atoms with Crippen LogP contribution in [0.3, 0.4) is 0 Å². The number of nitrogens with one attached hydrogen (secondary N) is 1. The predicted octanol–water partition coefficient (Wildman–Crippen LogP) is 4.04. The highest BCUT2D eigenvalue weighted by Crippen LogP contribution is 2.32. The molecule has 19 heavy (non-hydrogen) atoms. The molecule has 2 aromatic rings. The van der Waals surface area contributed by atoms with Crippen LogP contribution >= 0.6 is 11.6 Å². The molecule has 0 heterocycles. The summed E-state index contributed by atoms with van der Waals surface area (Å²) in [7, 11) is 3.58. The summed E-state index contributed by atoms with van der Waals surface area (Å²) in [6.07, 6.45) is 0. The summed E-state index contributed by atoms with van der Waals surface area (Å²) in [6.45, 7) is 2.97. The number of rotatable bonds is 4. The molecule has 0 aromatic heterocycles. The van der Waals surface area contributed by atoms with Crippen molar-refractivity contribution in [3.8, 4) is 16.9 Å². The molecule has 0 aliphatic rings. The molecule has 100 valence electrons. The maximum atomic E-state index is 6.07. The van der Waals surface area contributed by atoms with E-state index in [4.69, 9.17) is 16.3 Å².